The minimum atomic E-state index is -5.10. The normalized spacial score (nSPS) is 19.3. The van der Waals surface area contributed by atoms with Crippen molar-refractivity contribution in [2.45, 2.75) is 37.3 Å². The first-order valence-corrected chi connectivity index (χ1v) is 11.8. The summed E-state index contributed by atoms with van der Waals surface area (Å²) < 4.78 is 75.4. The van der Waals surface area contributed by atoms with Crippen LogP contribution >= 0.6 is 0 Å². The number of benzene rings is 1. The van der Waals surface area contributed by atoms with E-state index in [2.05, 4.69) is 4.74 Å². The SMILES string of the molecule is COC(C(=O)OC[C]1[CH][CH][CH][C]1S(=O)(=O)C(C)(C)C)(c1ccccc1)C(F)(F)F.[CH]1[CH][CH][CH][CH]1.[Fe+2]. The van der Waals surface area contributed by atoms with Crippen LogP contribution in [0.4, 0.5) is 13.2 Å². The van der Waals surface area contributed by atoms with Crippen LogP contribution in [0.2, 0.25) is 0 Å². The fourth-order valence-electron chi connectivity index (χ4n) is 3.10. The van der Waals surface area contributed by atoms with Crippen LogP contribution in [0.5, 0.6) is 0 Å². The van der Waals surface area contributed by atoms with Gasteiger partial charge in [0, 0.05) is 18.6 Å². The molecule has 1 unspecified atom stereocenters. The predicted octanol–water partition coefficient (Wildman–Crippen LogP) is 4.60. The molecule has 1 atom stereocenters. The third-order valence-corrected chi connectivity index (χ3v) is 7.63. The maximum atomic E-state index is 13.9. The van der Waals surface area contributed by atoms with Gasteiger partial charge in [0.15, 0.2) is 9.84 Å². The van der Waals surface area contributed by atoms with Gasteiger partial charge in [0.2, 0.25) is 0 Å². The van der Waals surface area contributed by atoms with Crippen LogP contribution in [-0.2, 0) is 46.8 Å². The van der Waals surface area contributed by atoms with E-state index in [-0.39, 0.29) is 28.2 Å². The van der Waals surface area contributed by atoms with Gasteiger partial charge in [-0.15, -0.1) is 0 Å². The van der Waals surface area contributed by atoms with Gasteiger partial charge in [-0.3, -0.25) is 0 Å². The van der Waals surface area contributed by atoms with Crippen LogP contribution in [0.1, 0.15) is 26.3 Å². The van der Waals surface area contributed by atoms with Gasteiger partial charge in [0.1, 0.15) is 5.25 Å². The molecular formula is C25H27F3FeO5S+2. The zero-order chi connectivity index (χ0) is 25.6. The molecule has 1 aromatic carbocycles. The van der Waals surface area contributed by atoms with E-state index >= 15 is 0 Å². The Morgan fingerprint density at radius 2 is 1.40 bits per heavy atom. The second kappa shape index (κ2) is 12.9. The van der Waals surface area contributed by atoms with Gasteiger partial charge >= 0.3 is 29.2 Å². The fourth-order valence-corrected chi connectivity index (χ4v) is 4.49. The second-order valence-electron chi connectivity index (χ2n) is 8.32. The zero-order valence-corrected chi connectivity index (χ0v) is 21.6. The maximum Gasteiger partial charge on any atom is 2.00 e. The third kappa shape index (κ3) is 7.24. The van der Waals surface area contributed by atoms with Crippen LogP contribution in [0.25, 0.3) is 0 Å². The number of hydrogen-bond acceptors (Lipinski definition) is 5. The van der Waals surface area contributed by atoms with Gasteiger partial charge in [-0.25, -0.2) is 13.2 Å². The van der Waals surface area contributed by atoms with Crippen LogP contribution in [0, 0.1) is 62.5 Å². The first kappa shape index (κ1) is 31.9. The summed E-state index contributed by atoms with van der Waals surface area (Å²) in [6.45, 7) is 3.85. The molecule has 2 aliphatic rings. The topological polar surface area (TPSA) is 69.7 Å². The summed E-state index contributed by atoms with van der Waals surface area (Å²) >= 11 is 0. The van der Waals surface area contributed by atoms with Gasteiger partial charge in [-0.2, -0.15) is 13.2 Å². The number of sulfone groups is 1. The molecule has 35 heavy (non-hydrogen) atoms. The molecule has 2 saturated carbocycles. The summed E-state index contributed by atoms with van der Waals surface area (Å²) in [5, 5.41) is -0.0902. The van der Waals surface area contributed by atoms with E-state index in [0.29, 0.717) is 0 Å². The van der Waals surface area contributed by atoms with Crippen molar-refractivity contribution in [3.63, 3.8) is 0 Å². The standard InChI is InChI=1S/C20H22F3O5S.C5H5.Fe/c1-18(2,3)29(25,26)16-12-8-9-14(16)13-28-17(24)19(27-4,20(21,22)23)15-10-6-5-7-11-15;1-2-4-5-3-1;/h5-12H,13H2,1-4H3;1-5H;/q;;+2. The summed E-state index contributed by atoms with van der Waals surface area (Å²) in [5.74, 6) is -1.59. The van der Waals surface area contributed by atoms with Crippen molar-refractivity contribution in [3.05, 3.63) is 98.4 Å². The zero-order valence-electron chi connectivity index (χ0n) is 19.6. The van der Waals surface area contributed by atoms with E-state index in [4.69, 9.17) is 4.74 Å². The van der Waals surface area contributed by atoms with Crippen molar-refractivity contribution >= 4 is 15.8 Å². The summed E-state index contributed by atoms with van der Waals surface area (Å²) in [6, 6.07) is 6.40. The molecule has 0 aromatic heterocycles. The van der Waals surface area contributed by atoms with Gasteiger partial charge in [-0.05, 0) is 72.1 Å². The van der Waals surface area contributed by atoms with E-state index in [9.17, 15) is 26.4 Å². The van der Waals surface area contributed by atoms with Gasteiger partial charge in [-0.1, -0.05) is 30.3 Å². The molecule has 2 aliphatic carbocycles. The minimum absolute atomic E-state index is 0. The molecule has 10 heteroatoms. The van der Waals surface area contributed by atoms with E-state index in [1.54, 1.807) is 0 Å². The Kier molecular flexibility index (Phi) is 11.8. The average Bonchev–Trinajstić information content (AvgIpc) is 3.47. The van der Waals surface area contributed by atoms with E-state index in [1.165, 1.54) is 58.2 Å². The number of halogens is 3. The quantitative estimate of drug-likeness (QED) is 0.381. The number of methoxy groups -OCH3 is 1. The molecule has 5 nitrogen and oxygen atoms in total. The Labute approximate surface area is 217 Å². The molecule has 3 rings (SSSR count). The smallest absolute Gasteiger partial charge is 0.462 e. The molecule has 1 aromatic rings. The maximum absolute atomic E-state index is 13.9. The molecular weight excluding hydrogens is 525 g/mol. The van der Waals surface area contributed by atoms with E-state index in [0.717, 1.165) is 19.2 Å². The summed E-state index contributed by atoms with van der Waals surface area (Å²) in [7, 11) is -3.01. The second-order valence-corrected chi connectivity index (χ2v) is 11.0. The Balaban J connectivity index is 0.000000904. The Morgan fingerprint density at radius 3 is 1.83 bits per heavy atom. The number of ether oxygens (including phenoxy) is 2. The first-order valence-electron chi connectivity index (χ1n) is 10.3. The van der Waals surface area contributed by atoms with Crippen LogP contribution in [0.15, 0.2) is 30.3 Å². The number of carbonyl (C=O) groups is 1. The molecule has 0 saturated heterocycles. The van der Waals surface area contributed by atoms with Crippen molar-refractivity contribution in [2.75, 3.05) is 13.7 Å². The summed E-state index contributed by atoms with van der Waals surface area (Å²) in [6.07, 6.45) is 9.05. The minimum Gasteiger partial charge on any atom is -0.462 e. The average molecular weight is 552 g/mol. The van der Waals surface area contributed by atoms with E-state index in [1.807, 2.05) is 32.1 Å². The molecule has 10 radical (unpaired) electrons. The molecule has 0 N–H and O–H groups in total. The summed E-state index contributed by atoms with van der Waals surface area (Å²) in [4.78, 5) is 12.6. The Bertz CT molecular complexity index is 888. The summed E-state index contributed by atoms with van der Waals surface area (Å²) in [5.41, 5.74) is -3.77. The monoisotopic (exact) mass is 552 g/mol. The number of hydrogen-bond donors (Lipinski definition) is 0. The van der Waals surface area contributed by atoms with Crippen molar-refractivity contribution in [1.82, 2.24) is 0 Å². The van der Waals surface area contributed by atoms with Crippen molar-refractivity contribution in [2.24, 2.45) is 0 Å². The predicted molar refractivity (Wildman–Crippen MR) is 122 cm³/mol. The van der Waals surface area contributed by atoms with Gasteiger partial charge in [0.05, 0.1) is 11.4 Å². The van der Waals surface area contributed by atoms with Gasteiger partial charge in [0.25, 0.3) is 5.60 Å². The number of esters is 1. The van der Waals surface area contributed by atoms with Crippen molar-refractivity contribution in [3.8, 4) is 0 Å². The Morgan fingerprint density at radius 1 is 0.886 bits per heavy atom. The molecule has 0 bridgehead atoms. The first-order chi connectivity index (χ1) is 15.8. The number of carbonyl (C=O) groups excluding carboxylic acids is 1. The molecule has 0 spiro atoms. The largest absolute Gasteiger partial charge is 2.00 e. The van der Waals surface area contributed by atoms with Crippen LogP contribution in [-0.4, -0.2) is 39.0 Å². The number of alkyl halides is 3. The number of rotatable bonds is 6. The molecule has 0 heterocycles. The molecule has 0 amide bonds. The fraction of sp³-hybridized carbons (Fsp3) is 0.320. The van der Waals surface area contributed by atoms with Crippen LogP contribution in [0.3, 0.4) is 0 Å². The van der Waals surface area contributed by atoms with Crippen molar-refractivity contribution in [1.29, 1.82) is 0 Å². The van der Waals surface area contributed by atoms with Crippen molar-refractivity contribution < 1.29 is 52.9 Å². The third-order valence-electron chi connectivity index (χ3n) is 5.04. The molecule has 190 valence electrons. The van der Waals surface area contributed by atoms with Crippen LogP contribution < -0.4 is 0 Å². The Hall–Kier alpha value is -1.09. The van der Waals surface area contributed by atoms with E-state index < -0.39 is 44.5 Å². The molecule has 2 fully saturated rings. The molecule has 0 aliphatic heterocycles. The van der Waals surface area contributed by atoms with Gasteiger partial charge < -0.3 is 9.47 Å².